The summed E-state index contributed by atoms with van der Waals surface area (Å²) in [5.74, 6) is 0.133. The number of aliphatic carboxylic acids is 1. The summed E-state index contributed by atoms with van der Waals surface area (Å²) in [6, 6.07) is 0.433. The van der Waals surface area contributed by atoms with Gasteiger partial charge in [0.05, 0.1) is 0 Å². The predicted molar refractivity (Wildman–Crippen MR) is 71.7 cm³/mol. The number of nitrogens with zero attached hydrogens (tertiary/aromatic N) is 1. The second kappa shape index (κ2) is 5.57. The van der Waals surface area contributed by atoms with Gasteiger partial charge in [-0.05, 0) is 52.0 Å². The molecule has 1 atom stereocenters. The Bertz CT molecular complexity index is 300. The SMILES string of the molecule is CN(CCC(C)(NC1CC1)C(=O)O)CC1CCC1. The number of rotatable bonds is 8. The number of carbonyl (C=O) groups is 1. The minimum Gasteiger partial charge on any atom is -0.480 e. The number of carboxylic acids is 1. The highest BCUT2D eigenvalue weighted by Crippen LogP contribution is 2.27. The molecule has 2 aliphatic rings. The molecule has 2 saturated carbocycles. The van der Waals surface area contributed by atoms with Crippen molar-refractivity contribution >= 4 is 5.97 Å². The lowest BCUT2D eigenvalue weighted by Crippen LogP contribution is -2.52. The molecule has 0 aromatic rings. The molecule has 2 N–H and O–H groups in total. The lowest BCUT2D eigenvalue weighted by atomic mass is 9.85. The van der Waals surface area contributed by atoms with Crippen molar-refractivity contribution in [3.63, 3.8) is 0 Å². The van der Waals surface area contributed by atoms with Gasteiger partial charge in [0.1, 0.15) is 5.54 Å². The van der Waals surface area contributed by atoms with Gasteiger partial charge in [-0.2, -0.15) is 0 Å². The van der Waals surface area contributed by atoms with Gasteiger partial charge in [0.2, 0.25) is 0 Å². The maximum absolute atomic E-state index is 11.4. The monoisotopic (exact) mass is 254 g/mol. The van der Waals surface area contributed by atoms with Crippen LogP contribution in [0.5, 0.6) is 0 Å². The molecular weight excluding hydrogens is 228 g/mol. The summed E-state index contributed by atoms with van der Waals surface area (Å²) in [5, 5.41) is 12.7. The minimum atomic E-state index is -0.755. The van der Waals surface area contributed by atoms with Crippen LogP contribution in [-0.2, 0) is 4.79 Å². The van der Waals surface area contributed by atoms with Gasteiger partial charge < -0.3 is 10.0 Å². The molecule has 4 heteroatoms. The van der Waals surface area contributed by atoms with E-state index in [0.717, 1.165) is 31.8 Å². The average Bonchev–Trinajstić information content (AvgIpc) is 3.04. The Labute approximate surface area is 110 Å². The second-order valence-corrected chi connectivity index (χ2v) is 6.37. The first-order valence-corrected chi connectivity index (χ1v) is 7.19. The highest BCUT2D eigenvalue weighted by atomic mass is 16.4. The van der Waals surface area contributed by atoms with Crippen LogP contribution < -0.4 is 5.32 Å². The summed E-state index contributed by atoms with van der Waals surface area (Å²) in [5.41, 5.74) is -0.755. The van der Waals surface area contributed by atoms with Crippen molar-refractivity contribution in [2.75, 3.05) is 20.1 Å². The zero-order valence-electron chi connectivity index (χ0n) is 11.6. The third-order valence-corrected chi connectivity index (χ3v) is 4.36. The van der Waals surface area contributed by atoms with Crippen LogP contribution in [0, 0.1) is 5.92 Å². The molecule has 104 valence electrons. The second-order valence-electron chi connectivity index (χ2n) is 6.37. The maximum Gasteiger partial charge on any atom is 0.323 e. The van der Waals surface area contributed by atoms with Gasteiger partial charge >= 0.3 is 5.97 Å². The topological polar surface area (TPSA) is 52.6 Å². The maximum atomic E-state index is 11.4. The van der Waals surface area contributed by atoms with E-state index in [0.29, 0.717) is 12.5 Å². The Kier molecular flexibility index (Phi) is 4.28. The highest BCUT2D eigenvalue weighted by Gasteiger charge is 2.38. The Hall–Kier alpha value is -0.610. The quantitative estimate of drug-likeness (QED) is 0.692. The van der Waals surface area contributed by atoms with Gasteiger partial charge in [-0.3, -0.25) is 10.1 Å². The first-order valence-electron chi connectivity index (χ1n) is 7.19. The van der Waals surface area contributed by atoms with E-state index in [2.05, 4.69) is 17.3 Å². The van der Waals surface area contributed by atoms with Gasteiger partial charge in [0, 0.05) is 19.1 Å². The lowest BCUT2D eigenvalue weighted by Gasteiger charge is -2.33. The summed E-state index contributed by atoms with van der Waals surface area (Å²) >= 11 is 0. The standard InChI is InChI=1S/C14H26N2O2/c1-14(13(17)18,15-12-6-7-12)8-9-16(2)10-11-4-3-5-11/h11-12,15H,3-10H2,1-2H3,(H,17,18). The summed E-state index contributed by atoms with van der Waals surface area (Å²) in [4.78, 5) is 13.7. The number of carboxylic acid groups (broad SMARTS) is 1. The van der Waals surface area contributed by atoms with Crippen LogP contribution in [0.3, 0.4) is 0 Å². The lowest BCUT2D eigenvalue weighted by molar-refractivity contribution is -0.144. The average molecular weight is 254 g/mol. The predicted octanol–water partition coefficient (Wildman–Crippen LogP) is 1.70. The Morgan fingerprint density at radius 3 is 2.50 bits per heavy atom. The van der Waals surface area contributed by atoms with E-state index in [4.69, 9.17) is 0 Å². The molecule has 2 rings (SSSR count). The van der Waals surface area contributed by atoms with E-state index in [1.165, 1.54) is 19.3 Å². The minimum absolute atomic E-state index is 0.433. The fourth-order valence-corrected chi connectivity index (χ4v) is 2.54. The third kappa shape index (κ3) is 3.69. The number of hydrogen-bond donors (Lipinski definition) is 2. The van der Waals surface area contributed by atoms with E-state index < -0.39 is 11.5 Å². The van der Waals surface area contributed by atoms with Crippen molar-refractivity contribution in [1.29, 1.82) is 0 Å². The summed E-state index contributed by atoms with van der Waals surface area (Å²) in [6.07, 6.45) is 7.00. The molecule has 0 aromatic carbocycles. The molecule has 0 radical (unpaired) electrons. The van der Waals surface area contributed by atoms with Gasteiger partial charge in [-0.1, -0.05) is 6.42 Å². The Morgan fingerprint density at radius 1 is 1.39 bits per heavy atom. The van der Waals surface area contributed by atoms with Crippen LogP contribution in [0.2, 0.25) is 0 Å². The van der Waals surface area contributed by atoms with E-state index in [-0.39, 0.29) is 0 Å². The summed E-state index contributed by atoms with van der Waals surface area (Å²) in [7, 11) is 2.11. The fraction of sp³-hybridized carbons (Fsp3) is 0.929. The molecule has 0 aromatic heterocycles. The smallest absolute Gasteiger partial charge is 0.323 e. The van der Waals surface area contributed by atoms with Crippen molar-refractivity contribution < 1.29 is 9.90 Å². The van der Waals surface area contributed by atoms with E-state index in [9.17, 15) is 9.90 Å². The fourth-order valence-electron chi connectivity index (χ4n) is 2.54. The van der Waals surface area contributed by atoms with Gasteiger partial charge in [-0.15, -0.1) is 0 Å². The molecule has 0 spiro atoms. The van der Waals surface area contributed by atoms with Gasteiger partial charge in [-0.25, -0.2) is 0 Å². The normalized spacial score (nSPS) is 23.7. The zero-order valence-corrected chi connectivity index (χ0v) is 11.6. The molecular formula is C14H26N2O2. The first kappa shape index (κ1) is 13.8. The van der Waals surface area contributed by atoms with E-state index in [1.54, 1.807) is 0 Å². The summed E-state index contributed by atoms with van der Waals surface area (Å²) < 4.78 is 0. The molecule has 2 aliphatic carbocycles. The molecule has 0 bridgehead atoms. The number of hydrogen-bond acceptors (Lipinski definition) is 3. The number of nitrogens with one attached hydrogen (secondary N) is 1. The molecule has 0 amide bonds. The molecule has 2 fully saturated rings. The van der Waals surface area contributed by atoms with Crippen LogP contribution in [0.4, 0.5) is 0 Å². The Morgan fingerprint density at radius 2 is 2.06 bits per heavy atom. The highest BCUT2D eigenvalue weighted by molar-refractivity contribution is 5.78. The largest absolute Gasteiger partial charge is 0.480 e. The summed E-state index contributed by atoms with van der Waals surface area (Å²) in [6.45, 7) is 3.81. The third-order valence-electron chi connectivity index (χ3n) is 4.36. The van der Waals surface area contributed by atoms with Crippen molar-refractivity contribution in [1.82, 2.24) is 10.2 Å². The Balaban J connectivity index is 1.74. The van der Waals surface area contributed by atoms with E-state index >= 15 is 0 Å². The van der Waals surface area contributed by atoms with Crippen LogP contribution >= 0.6 is 0 Å². The van der Waals surface area contributed by atoms with Crippen LogP contribution in [0.1, 0.15) is 45.4 Å². The molecule has 0 aliphatic heterocycles. The van der Waals surface area contributed by atoms with Crippen LogP contribution in [0.25, 0.3) is 0 Å². The molecule has 1 unspecified atom stereocenters. The van der Waals surface area contributed by atoms with Crippen molar-refractivity contribution in [3.8, 4) is 0 Å². The van der Waals surface area contributed by atoms with Crippen molar-refractivity contribution in [2.24, 2.45) is 5.92 Å². The molecule has 0 saturated heterocycles. The van der Waals surface area contributed by atoms with Crippen LogP contribution in [-0.4, -0.2) is 47.7 Å². The van der Waals surface area contributed by atoms with Gasteiger partial charge in [0.25, 0.3) is 0 Å². The molecule has 4 nitrogen and oxygen atoms in total. The first-order chi connectivity index (χ1) is 8.49. The van der Waals surface area contributed by atoms with Crippen molar-refractivity contribution in [2.45, 2.75) is 57.0 Å². The molecule has 18 heavy (non-hydrogen) atoms. The van der Waals surface area contributed by atoms with E-state index in [1.807, 2.05) is 6.92 Å². The molecule has 0 heterocycles. The van der Waals surface area contributed by atoms with Crippen molar-refractivity contribution in [3.05, 3.63) is 0 Å². The zero-order chi connectivity index (χ0) is 13.2. The van der Waals surface area contributed by atoms with Gasteiger partial charge in [0.15, 0.2) is 0 Å². The van der Waals surface area contributed by atoms with Crippen LogP contribution in [0.15, 0.2) is 0 Å².